The van der Waals surface area contributed by atoms with Crippen LogP contribution in [0.1, 0.15) is 27.7 Å². The van der Waals surface area contributed by atoms with E-state index in [1.54, 1.807) is 13.8 Å². The van der Waals surface area contributed by atoms with Gasteiger partial charge in [0.2, 0.25) is 0 Å². The molecule has 0 aromatic heterocycles. The van der Waals surface area contributed by atoms with Crippen molar-refractivity contribution in [1.82, 2.24) is 0 Å². The second kappa shape index (κ2) is 3.84. The zero-order valence-corrected chi connectivity index (χ0v) is 8.86. The van der Waals surface area contributed by atoms with Gasteiger partial charge in [0.25, 0.3) is 0 Å². The predicted octanol–water partition coefficient (Wildman–Crippen LogP) is 1.02. The van der Waals surface area contributed by atoms with E-state index in [0.29, 0.717) is 0 Å². The molecular weight excluding hydrogens is 159 g/mol. The van der Waals surface area contributed by atoms with Gasteiger partial charge >= 0.3 is 0 Å². The van der Waals surface area contributed by atoms with Crippen molar-refractivity contribution in [2.24, 2.45) is 5.92 Å². The molecule has 0 saturated carbocycles. The van der Waals surface area contributed by atoms with Crippen molar-refractivity contribution >= 4 is 9.24 Å². The van der Waals surface area contributed by atoms with Crippen molar-refractivity contribution in [3.8, 4) is 0 Å². The molecule has 0 fully saturated rings. The summed E-state index contributed by atoms with van der Waals surface area (Å²) in [5, 5.41) is 18.6. The second-order valence-corrected chi connectivity index (χ2v) is 5.32. The zero-order valence-electron chi connectivity index (χ0n) is 7.70. The Morgan fingerprint density at radius 3 is 1.36 bits per heavy atom. The predicted molar refractivity (Wildman–Crippen MR) is 50.6 cm³/mol. The van der Waals surface area contributed by atoms with Crippen LogP contribution in [0.2, 0.25) is 0 Å². The minimum Gasteiger partial charge on any atom is -0.393 e. The molecule has 3 unspecified atom stereocenters. The smallest absolute Gasteiger partial charge is 0.0573 e. The van der Waals surface area contributed by atoms with Crippen molar-refractivity contribution in [3.05, 3.63) is 0 Å². The molecule has 0 aromatic carbocycles. The average Bonchev–Trinajstić information content (AvgIpc) is 1.54. The third-order valence-electron chi connectivity index (χ3n) is 1.90. The van der Waals surface area contributed by atoms with Crippen LogP contribution in [-0.4, -0.2) is 27.6 Å². The second-order valence-electron chi connectivity index (χ2n) is 3.83. The number of hydrogen-bond acceptors (Lipinski definition) is 2. The Morgan fingerprint density at radius 2 is 1.36 bits per heavy atom. The minimum absolute atomic E-state index is 0.0903. The lowest BCUT2D eigenvalue weighted by Gasteiger charge is -2.34. The Kier molecular flexibility index (Phi) is 3.96. The Bertz CT molecular complexity index is 108. The van der Waals surface area contributed by atoms with Crippen molar-refractivity contribution < 1.29 is 10.2 Å². The van der Waals surface area contributed by atoms with E-state index >= 15 is 0 Å². The molecule has 0 aromatic rings. The molecule has 3 heteroatoms. The van der Waals surface area contributed by atoms with Gasteiger partial charge in [-0.05, 0) is 19.0 Å². The van der Waals surface area contributed by atoms with E-state index in [1.807, 2.05) is 13.8 Å². The Balaban J connectivity index is 4.35. The van der Waals surface area contributed by atoms with Gasteiger partial charge in [0.1, 0.15) is 0 Å². The third-order valence-corrected chi connectivity index (χ3v) is 2.28. The Hall–Kier alpha value is 0.350. The van der Waals surface area contributed by atoms with Gasteiger partial charge in [-0.15, -0.1) is 9.24 Å². The summed E-state index contributed by atoms with van der Waals surface area (Å²) in [5.41, 5.74) is 0. The molecule has 68 valence electrons. The molecule has 0 radical (unpaired) electrons. The molecule has 0 heterocycles. The highest BCUT2D eigenvalue weighted by Crippen LogP contribution is 2.31. The van der Waals surface area contributed by atoms with E-state index in [-0.39, 0.29) is 11.1 Å². The molecule has 3 atom stereocenters. The maximum Gasteiger partial charge on any atom is 0.0573 e. The summed E-state index contributed by atoms with van der Waals surface area (Å²) >= 11 is 0. The summed E-state index contributed by atoms with van der Waals surface area (Å²) in [5.74, 6) is -0.0903. The highest BCUT2D eigenvalue weighted by Gasteiger charge is 2.32. The number of aliphatic hydroxyl groups is 2. The first-order valence-electron chi connectivity index (χ1n) is 3.92. The van der Waals surface area contributed by atoms with E-state index in [0.717, 1.165) is 0 Å². The van der Waals surface area contributed by atoms with Crippen LogP contribution in [0.3, 0.4) is 0 Å². The molecule has 0 amide bonds. The van der Waals surface area contributed by atoms with Crippen molar-refractivity contribution in [1.29, 1.82) is 0 Å². The fourth-order valence-corrected chi connectivity index (χ4v) is 2.20. The van der Waals surface area contributed by atoms with Gasteiger partial charge in [0, 0.05) is 5.92 Å². The first-order valence-corrected chi connectivity index (χ1v) is 4.49. The van der Waals surface area contributed by atoms with Gasteiger partial charge in [-0.25, -0.2) is 0 Å². The maximum absolute atomic E-state index is 9.34. The molecule has 0 aliphatic carbocycles. The van der Waals surface area contributed by atoms with E-state index in [4.69, 9.17) is 0 Å². The number of aliphatic hydroxyl groups excluding tert-OH is 2. The summed E-state index contributed by atoms with van der Waals surface area (Å²) in [6.07, 6.45) is -0.940. The van der Waals surface area contributed by atoms with E-state index in [2.05, 4.69) is 9.24 Å². The van der Waals surface area contributed by atoms with Crippen LogP contribution in [-0.2, 0) is 0 Å². The van der Waals surface area contributed by atoms with E-state index < -0.39 is 12.2 Å². The van der Waals surface area contributed by atoms with Crippen LogP contribution >= 0.6 is 9.24 Å². The Labute approximate surface area is 71.2 Å². The standard InChI is InChI=1S/C8H19O2P/c1-5(9)7(6(2)10)8(3,4)11/h5-7,9-10H,11H2,1-4H3. The van der Waals surface area contributed by atoms with Crippen LogP contribution in [0.25, 0.3) is 0 Å². The normalized spacial score (nSPS) is 21.0. The van der Waals surface area contributed by atoms with Crippen LogP contribution in [0.15, 0.2) is 0 Å². The average molecular weight is 178 g/mol. The molecule has 0 aliphatic rings. The SMILES string of the molecule is CC(O)C(C(C)O)C(C)(C)P. The summed E-state index contributed by atoms with van der Waals surface area (Å²) in [6.45, 7) is 7.40. The van der Waals surface area contributed by atoms with Crippen LogP contribution < -0.4 is 0 Å². The fraction of sp³-hybridized carbons (Fsp3) is 1.00. The zero-order chi connectivity index (χ0) is 9.23. The molecule has 0 saturated heterocycles. The highest BCUT2D eigenvalue weighted by molar-refractivity contribution is 7.18. The van der Waals surface area contributed by atoms with Gasteiger partial charge in [0.15, 0.2) is 0 Å². The summed E-state index contributed by atoms with van der Waals surface area (Å²) in [7, 11) is 2.65. The largest absolute Gasteiger partial charge is 0.393 e. The van der Waals surface area contributed by atoms with Gasteiger partial charge in [-0.1, -0.05) is 13.8 Å². The molecule has 0 bridgehead atoms. The van der Waals surface area contributed by atoms with Crippen LogP contribution in [0.5, 0.6) is 0 Å². The monoisotopic (exact) mass is 178 g/mol. The van der Waals surface area contributed by atoms with Gasteiger partial charge in [-0.3, -0.25) is 0 Å². The maximum atomic E-state index is 9.34. The lowest BCUT2D eigenvalue weighted by molar-refractivity contribution is 0.0160. The van der Waals surface area contributed by atoms with Crippen LogP contribution in [0, 0.1) is 5.92 Å². The first kappa shape index (κ1) is 11.4. The lowest BCUT2D eigenvalue weighted by atomic mass is 9.86. The van der Waals surface area contributed by atoms with Crippen molar-refractivity contribution in [2.45, 2.75) is 45.1 Å². The summed E-state index contributed by atoms with van der Waals surface area (Å²) in [6, 6.07) is 0. The summed E-state index contributed by atoms with van der Waals surface area (Å²) in [4.78, 5) is 0. The van der Waals surface area contributed by atoms with Crippen LogP contribution in [0.4, 0.5) is 0 Å². The third kappa shape index (κ3) is 3.50. The molecule has 11 heavy (non-hydrogen) atoms. The number of rotatable bonds is 3. The van der Waals surface area contributed by atoms with Gasteiger partial charge in [-0.2, -0.15) is 0 Å². The lowest BCUT2D eigenvalue weighted by Crippen LogP contribution is -2.40. The topological polar surface area (TPSA) is 40.5 Å². The molecule has 2 N–H and O–H groups in total. The quantitative estimate of drug-likeness (QED) is 0.633. The fourth-order valence-electron chi connectivity index (χ4n) is 1.65. The van der Waals surface area contributed by atoms with Crippen molar-refractivity contribution in [3.63, 3.8) is 0 Å². The van der Waals surface area contributed by atoms with Gasteiger partial charge < -0.3 is 10.2 Å². The first-order chi connectivity index (χ1) is 4.76. The molecule has 0 aliphatic heterocycles. The Morgan fingerprint density at radius 1 is 1.09 bits per heavy atom. The molecular formula is C8H19O2P. The van der Waals surface area contributed by atoms with E-state index in [9.17, 15) is 10.2 Å². The number of hydrogen-bond donors (Lipinski definition) is 2. The molecule has 0 spiro atoms. The van der Waals surface area contributed by atoms with Gasteiger partial charge in [0.05, 0.1) is 12.2 Å². The molecule has 2 nitrogen and oxygen atoms in total. The summed E-state index contributed by atoms with van der Waals surface area (Å²) < 4.78 is 0. The van der Waals surface area contributed by atoms with Crippen molar-refractivity contribution in [2.75, 3.05) is 0 Å². The highest BCUT2D eigenvalue weighted by atomic mass is 31.0. The molecule has 0 rings (SSSR count). The van der Waals surface area contributed by atoms with E-state index in [1.165, 1.54) is 0 Å². The minimum atomic E-state index is -0.470.